The molecule has 0 bridgehead atoms. The van der Waals surface area contributed by atoms with Gasteiger partial charge in [-0.2, -0.15) is 5.10 Å². The molecule has 1 aromatic carbocycles. The Bertz CT molecular complexity index is 574. The van der Waals surface area contributed by atoms with Gasteiger partial charge in [-0.1, -0.05) is 17.7 Å². The number of aromatic nitrogens is 2. The third-order valence-electron chi connectivity index (χ3n) is 3.08. The lowest BCUT2D eigenvalue weighted by Gasteiger charge is -2.18. The molecule has 1 heterocycles. The Kier molecular flexibility index (Phi) is 2.93. The molecule has 3 heteroatoms. The Labute approximate surface area is 109 Å². The molecule has 0 unspecified atom stereocenters. The first-order chi connectivity index (χ1) is 8.29. The first-order valence-corrected chi connectivity index (χ1v) is 6.22. The monoisotopic (exact) mass is 243 g/mol. The highest BCUT2D eigenvalue weighted by Gasteiger charge is 2.18. The topological polar surface area (TPSA) is 43.8 Å². The van der Waals surface area contributed by atoms with E-state index in [1.807, 2.05) is 10.9 Å². The van der Waals surface area contributed by atoms with Crippen LogP contribution in [0.3, 0.4) is 0 Å². The normalized spacial score (nSPS) is 11.8. The third kappa shape index (κ3) is 2.26. The molecule has 0 saturated carbocycles. The van der Waals surface area contributed by atoms with E-state index in [0.717, 1.165) is 16.9 Å². The van der Waals surface area contributed by atoms with Gasteiger partial charge >= 0.3 is 0 Å². The summed E-state index contributed by atoms with van der Waals surface area (Å²) in [6, 6.07) is 6.36. The largest absolute Gasteiger partial charge is 0.396 e. The van der Waals surface area contributed by atoms with Gasteiger partial charge in [0.2, 0.25) is 0 Å². The fourth-order valence-electron chi connectivity index (χ4n) is 1.93. The number of aryl methyl sites for hydroxylation is 2. The molecular weight excluding hydrogens is 222 g/mol. The molecule has 0 aliphatic carbocycles. The smallest absolute Gasteiger partial charge is 0.116 e. The molecule has 0 spiro atoms. The van der Waals surface area contributed by atoms with Crippen molar-refractivity contribution in [2.45, 2.75) is 40.2 Å². The fraction of sp³-hybridized carbons (Fsp3) is 0.400. The van der Waals surface area contributed by atoms with Crippen molar-refractivity contribution in [2.75, 3.05) is 5.73 Å². The molecule has 2 aromatic rings. The van der Waals surface area contributed by atoms with E-state index >= 15 is 0 Å². The van der Waals surface area contributed by atoms with Gasteiger partial charge in [0.05, 0.1) is 11.2 Å². The van der Waals surface area contributed by atoms with Crippen molar-refractivity contribution in [1.82, 2.24) is 9.78 Å². The van der Waals surface area contributed by atoms with E-state index in [0.29, 0.717) is 0 Å². The Morgan fingerprint density at radius 3 is 2.39 bits per heavy atom. The van der Waals surface area contributed by atoms with Gasteiger partial charge in [-0.05, 0) is 46.2 Å². The van der Waals surface area contributed by atoms with Crippen LogP contribution in [-0.2, 0) is 5.54 Å². The third-order valence-corrected chi connectivity index (χ3v) is 3.08. The lowest BCUT2D eigenvalue weighted by Crippen LogP contribution is -2.22. The average Bonchev–Trinajstić information content (AvgIpc) is 2.64. The number of hydrogen-bond acceptors (Lipinski definition) is 2. The summed E-state index contributed by atoms with van der Waals surface area (Å²) in [4.78, 5) is 0. The summed E-state index contributed by atoms with van der Waals surface area (Å²) in [5.41, 5.74) is 11.2. The van der Waals surface area contributed by atoms with Gasteiger partial charge in [0, 0.05) is 11.8 Å². The Morgan fingerprint density at radius 2 is 1.83 bits per heavy atom. The fourth-order valence-corrected chi connectivity index (χ4v) is 1.93. The van der Waals surface area contributed by atoms with Crippen LogP contribution in [0.25, 0.3) is 11.3 Å². The number of anilines is 1. The minimum Gasteiger partial charge on any atom is -0.396 e. The zero-order valence-corrected chi connectivity index (χ0v) is 11.8. The molecule has 0 atom stereocenters. The lowest BCUT2D eigenvalue weighted by molar-refractivity contribution is 0.356. The van der Waals surface area contributed by atoms with Gasteiger partial charge in [0.15, 0.2) is 0 Å². The first kappa shape index (κ1) is 12.7. The van der Waals surface area contributed by atoms with Crippen molar-refractivity contribution in [3.05, 3.63) is 35.5 Å². The number of benzene rings is 1. The molecule has 0 amide bonds. The van der Waals surface area contributed by atoms with Crippen molar-refractivity contribution in [2.24, 2.45) is 0 Å². The number of hydrogen-bond donors (Lipinski definition) is 1. The zero-order valence-electron chi connectivity index (χ0n) is 11.8. The van der Waals surface area contributed by atoms with E-state index in [1.54, 1.807) is 0 Å². The van der Waals surface area contributed by atoms with Crippen LogP contribution in [0.2, 0.25) is 0 Å². The first-order valence-electron chi connectivity index (χ1n) is 6.22. The summed E-state index contributed by atoms with van der Waals surface area (Å²) in [6.45, 7) is 10.5. The lowest BCUT2D eigenvalue weighted by atomic mass is 10.0. The average molecular weight is 243 g/mol. The Hall–Kier alpha value is -1.77. The standard InChI is InChI=1S/C15H21N3/c1-10-6-7-11(2)12(8-10)14-13(16)9-18(17-14)15(3,4)5/h6-9H,16H2,1-5H3. The van der Waals surface area contributed by atoms with Crippen LogP contribution >= 0.6 is 0 Å². The van der Waals surface area contributed by atoms with E-state index < -0.39 is 0 Å². The van der Waals surface area contributed by atoms with Crippen LogP contribution in [-0.4, -0.2) is 9.78 Å². The molecule has 1 aromatic heterocycles. The Balaban J connectivity index is 2.58. The summed E-state index contributed by atoms with van der Waals surface area (Å²) in [5, 5.41) is 4.64. The molecule has 2 N–H and O–H groups in total. The number of nitrogen functional groups attached to an aromatic ring is 1. The number of nitrogens with two attached hydrogens (primary N) is 1. The second-order valence-corrected chi connectivity index (χ2v) is 5.87. The van der Waals surface area contributed by atoms with E-state index in [1.165, 1.54) is 11.1 Å². The maximum absolute atomic E-state index is 6.11. The molecular formula is C15H21N3. The van der Waals surface area contributed by atoms with Gasteiger partial charge in [-0.3, -0.25) is 4.68 Å². The van der Waals surface area contributed by atoms with Crippen LogP contribution in [0.5, 0.6) is 0 Å². The summed E-state index contributed by atoms with van der Waals surface area (Å²) in [7, 11) is 0. The van der Waals surface area contributed by atoms with Gasteiger partial charge < -0.3 is 5.73 Å². The van der Waals surface area contributed by atoms with Crippen molar-refractivity contribution in [1.29, 1.82) is 0 Å². The van der Waals surface area contributed by atoms with Crippen LogP contribution in [0.1, 0.15) is 31.9 Å². The predicted molar refractivity (Wildman–Crippen MR) is 76.5 cm³/mol. The highest BCUT2D eigenvalue weighted by Crippen LogP contribution is 2.29. The molecule has 2 rings (SSSR count). The summed E-state index contributed by atoms with van der Waals surface area (Å²) in [6.07, 6.45) is 1.91. The van der Waals surface area contributed by atoms with E-state index in [2.05, 4.69) is 57.9 Å². The summed E-state index contributed by atoms with van der Waals surface area (Å²) < 4.78 is 1.93. The van der Waals surface area contributed by atoms with E-state index in [9.17, 15) is 0 Å². The highest BCUT2D eigenvalue weighted by molar-refractivity contribution is 5.74. The highest BCUT2D eigenvalue weighted by atomic mass is 15.3. The molecule has 0 fully saturated rings. The second kappa shape index (κ2) is 4.16. The van der Waals surface area contributed by atoms with Crippen LogP contribution in [0.15, 0.2) is 24.4 Å². The van der Waals surface area contributed by atoms with Crippen LogP contribution < -0.4 is 5.73 Å². The van der Waals surface area contributed by atoms with E-state index in [-0.39, 0.29) is 5.54 Å². The molecule has 0 aliphatic rings. The van der Waals surface area contributed by atoms with Gasteiger partial charge in [-0.25, -0.2) is 0 Å². The quantitative estimate of drug-likeness (QED) is 0.833. The SMILES string of the molecule is Cc1ccc(C)c(-c2nn(C(C)(C)C)cc2N)c1. The maximum atomic E-state index is 6.11. The zero-order chi connectivity index (χ0) is 13.5. The second-order valence-electron chi connectivity index (χ2n) is 5.87. The van der Waals surface area contributed by atoms with Gasteiger partial charge in [0.1, 0.15) is 5.69 Å². The summed E-state index contributed by atoms with van der Waals surface area (Å²) >= 11 is 0. The molecule has 0 saturated heterocycles. The van der Waals surface area contributed by atoms with Crippen molar-refractivity contribution in [3.8, 4) is 11.3 Å². The molecule has 0 aliphatic heterocycles. The van der Waals surface area contributed by atoms with Crippen molar-refractivity contribution in [3.63, 3.8) is 0 Å². The van der Waals surface area contributed by atoms with Crippen LogP contribution in [0.4, 0.5) is 5.69 Å². The van der Waals surface area contributed by atoms with Crippen molar-refractivity contribution >= 4 is 5.69 Å². The summed E-state index contributed by atoms with van der Waals surface area (Å²) in [5.74, 6) is 0. The molecule has 0 radical (unpaired) electrons. The minimum absolute atomic E-state index is 0.0515. The molecule has 3 nitrogen and oxygen atoms in total. The number of nitrogens with zero attached hydrogens (tertiary/aromatic N) is 2. The Morgan fingerprint density at radius 1 is 1.17 bits per heavy atom. The van der Waals surface area contributed by atoms with Crippen LogP contribution in [0, 0.1) is 13.8 Å². The number of rotatable bonds is 1. The van der Waals surface area contributed by atoms with E-state index in [4.69, 9.17) is 5.73 Å². The molecule has 96 valence electrons. The van der Waals surface area contributed by atoms with Gasteiger partial charge in [-0.15, -0.1) is 0 Å². The van der Waals surface area contributed by atoms with Gasteiger partial charge in [0.25, 0.3) is 0 Å². The molecule has 18 heavy (non-hydrogen) atoms. The maximum Gasteiger partial charge on any atom is 0.116 e. The predicted octanol–water partition coefficient (Wildman–Crippen LogP) is 3.50. The minimum atomic E-state index is -0.0515. The van der Waals surface area contributed by atoms with Crippen molar-refractivity contribution < 1.29 is 0 Å².